The summed E-state index contributed by atoms with van der Waals surface area (Å²) in [6.07, 6.45) is 0.260. The van der Waals surface area contributed by atoms with Gasteiger partial charge >= 0.3 is 12.1 Å². The molecule has 0 amide bonds. The fraction of sp³-hybridized carbons (Fsp3) is 0.933. The molecule has 0 saturated heterocycles. The Morgan fingerprint density at radius 2 is 1.50 bits per heavy atom. The molecule has 0 spiro atoms. The van der Waals surface area contributed by atoms with Crippen molar-refractivity contribution in [2.45, 2.75) is 70.6 Å². The summed E-state index contributed by atoms with van der Waals surface area (Å²) >= 11 is 0. The topological polar surface area (TPSA) is 26.3 Å². The van der Waals surface area contributed by atoms with E-state index in [9.17, 15) is 18.0 Å². The standard InChI is InChI=1S/C15H23F3O2/c1-10-2-4-11(5-3-10)14(19)20-13-8-6-12(7-9-13)15(16,17)18/h10-13H,2-9H2,1H3. The Morgan fingerprint density at radius 1 is 0.950 bits per heavy atom. The second-order valence-corrected chi connectivity index (χ2v) is 6.41. The summed E-state index contributed by atoms with van der Waals surface area (Å²) in [7, 11) is 0. The number of carbonyl (C=O) groups excluding carboxylic acids is 1. The largest absolute Gasteiger partial charge is 0.462 e. The first-order valence-electron chi connectivity index (χ1n) is 7.63. The molecule has 0 radical (unpaired) electrons. The number of carbonyl (C=O) groups is 1. The van der Waals surface area contributed by atoms with Gasteiger partial charge in [-0.05, 0) is 57.3 Å². The molecule has 0 aliphatic heterocycles. The quantitative estimate of drug-likeness (QED) is 0.702. The van der Waals surface area contributed by atoms with E-state index in [-0.39, 0.29) is 30.8 Å². The summed E-state index contributed by atoms with van der Waals surface area (Å²) in [5, 5.41) is 0. The van der Waals surface area contributed by atoms with E-state index >= 15 is 0 Å². The molecule has 116 valence electrons. The molecule has 0 aromatic rings. The fourth-order valence-corrected chi connectivity index (χ4v) is 3.26. The van der Waals surface area contributed by atoms with Crippen molar-refractivity contribution in [3.8, 4) is 0 Å². The van der Waals surface area contributed by atoms with E-state index in [0.717, 1.165) is 25.7 Å². The van der Waals surface area contributed by atoms with Crippen LogP contribution in [0.5, 0.6) is 0 Å². The monoisotopic (exact) mass is 292 g/mol. The number of esters is 1. The van der Waals surface area contributed by atoms with Gasteiger partial charge in [0.25, 0.3) is 0 Å². The lowest BCUT2D eigenvalue weighted by Gasteiger charge is -2.31. The van der Waals surface area contributed by atoms with Gasteiger partial charge in [0, 0.05) is 0 Å². The van der Waals surface area contributed by atoms with Crippen LogP contribution in [0.15, 0.2) is 0 Å². The molecular formula is C15H23F3O2. The lowest BCUT2D eigenvalue weighted by Crippen LogP contribution is -2.33. The van der Waals surface area contributed by atoms with Crippen LogP contribution >= 0.6 is 0 Å². The molecule has 5 heteroatoms. The highest BCUT2D eigenvalue weighted by atomic mass is 19.4. The lowest BCUT2D eigenvalue weighted by molar-refractivity contribution is -0.189. The van der Waals surface area contributed by atoms with E-state index in [1.54, 1.807) is 0 Å². The molecule has 0 atom stereocenters. The summed E-state index contributed by atoms with van der Waals surface area (Å²) in [4.78, 5) is 12.0. The van der Waals surface area contributed by atoms with Crippen LogP contribution in [0, 0.1) is 17.8 Å². The van der Waals surface area contributed by atoms with Crippen LogP contribution in [-0.2, 0) is 9.53 Å². The molecule has 0 bridgehead atoms. The third-order valence-corrected chi connectivity index (χ3v) is 4.77. The van der Waals surface area contributed by atoms with Gasteiger partial charge in [-0.3, -0.25) is 4.79 Å². The molecular weight excluding hydrogens is 269 g/mol. The van der Waals surface area contributed by atoms with E-state index in [1.807, 2.05) is 0 Å². The predicted molar refractivity (Wildman–Crippen MR) is 69.0 cm³/mol. The van der Waals surface area contributed by atoms with Crippen molar-refractivity contribution in [1.82, 2.24) is 0 Å². The zero-order chi connectivity index (χ0) is 14.8. The maximum atomic E-state index is 12.6. The molecule has 2 rings (SSSR count). The molecule has 0 heterocycles. The zero-order valence-corrected chi connectivity index (χ0v) is 11.9. The second kappa shape index (κ2) is 6.35. The molecule has 0 aromatic heterocycles. The van der Waals surface area contributed by atoms with Crippen molar-refractivity contribution >= 4 is 5.97 Å². The first-order valence-corrected chi connectivity index (χ1v) is 7.63. The third kappa shape index (κ3) is 4.13. The smallest absolute Gasteiger partial charge is 0.391 e. The van der Waals surface area contributed by atoms with E-state index in [0.29, 0.717) is 18.8 Å². The average molecular weight is 292 g/mol. The van der Waals surface area contributed by atoms with Crippen molar-refractivity contribution in [2.24, 2.45) is 17.8 Å². The maximum absolute atomic E-state index is 12.6. The van der Waals surface area contributed by atoms with Gasteiger partial charge in [-0.2, -0.15) is 13.2 Å². The first kappa shape index (κ1) is 15.6. The van der Waals surface area contributed by atoms with Crippen LogP contribution < -0.4 is 0 Å². The van der Waals surface area contributed by atoms with Crippen molar-refractivity contribution in [3.63, 3.8) is 0 Å². The lowest BCUT2D eigenvalue weighted by atomic mass is 9.83. The zero-order valence-electron chi connectivity index (χ0n) is 11.9. The molecule has 2 aliphatic rings. The van der Waals surface area contributed by atoms with Gasteiger partial charge in [-0.25, -0.2) is 0 Å². The number of ether oxygens (including phenoxy) is 1. The van der Waals surface area contributed by atoms with E-state index in [2.05, 4.69) is 6.92 Å². The van der Waals surface area contributed by atoms with E-state index in [1.165, 1.54) is 0 Å². The van der Waals surface area contributed by atoms with Gasteiger partial charge in [0.2, 0.25) is 0 Å². The summed E-state index contributed by atoms with van der Waals surface area (Å²) in [5.41, 5.74) is 0. The average Bonchev–Trinajstić information content (AvgIpc) is 2.39. The Bertz CT molecular complexity index is 325. The highest BCUT2D eigenvalue weighted by Gasteiger charge is 2.42. The molecule has 2 nitrogen and oxygen atoms in total. The SMILES string of the molecule is CC1CCC(C(=O)OC2CCC(C(F)(F)F)CC2)CC1. The minimum atomic E-state index is -4.10. The second-order valence-electron chi connectivity index (χ2n) is 6.41. The Balaban J connectivity index is 1.74. The number of rotatable bonds is 2. The highest BCUT2D eigenvalue weighted by Crippen LogP contribution is 2.38. The van der Waals surface area contributed by atoms with Gasteiger partial charge in [-0.15, -0.1) is 0 Å². The third-order valence-electron chi connectivity index (χ3n) is 4.77. The Morgan fingerprint density at radius 3 is 2.00 bits per heavy atom. The minimum Gasteiger partial charge on any atom is -0.462 e. The summed E-state index contributed by atoms with van der Waals surface area (Å²) in [6.45, 7) is 2.18. The van der Waals surface area contributed by atoms with Crippen LogP contribution in [0.3, 0.4) is 0 Å². The number of hydrogen-bond acceptors (Lipinski definition) is 2. The normalized spacial score (nSPS) is 35.6. The van der Waals surface area contributed by atoms with Crippen LogP contribution in [0.4, 0.5) is 13.2 Å². The van der Waals surface area contributed by atoms with Crippen LogP contribution in [0.25, 0.3) is 0 Å². The Labute approximate surface area is 118 Å². The summed E-state index contributed by atoms with van der Waals surface area (Å²) < 4.78 is 43.1. The van der Waals surface area contributed by atoms with Crippen molar-refractivity contribution in [3.05, 3.63) is 0 Å². The van der Waals surface area contributed by atoms with Gasteiger partial charge in [0.1, 0.15) is 6.10 Å². The fourth-order valence-electron chi connectivity index (χ4n) is 3.26. The van der Waals surface area contributed by atoms with Crippen LogP contribution in [0.2, 0.25) is 0 Å². The highest BCUT2D eigenvalue weighted by molar-refractivity contribution is 5.72. The van der Waals surface area contributed by atoms with Crippen molar-refractivity contribution in [2.75, 3.05) is 0 Å². The van der Waals surface area contributed by atoms with Gasteiger partial charge in [-0.1, -0.05) is 6.92 Å². The predicted octanol–water partition coefficient (Wildman–Crippen LogP) is 4.48. The summed E-state index contributed by atoms with van der Waals surface area (Å²) in [5.74, 6) is -0.770. The molecule has 0 aromatic carbocycles. The molecule has 0 N–H and O–H groups in total. The number of alkyl halides is 3. The first-order chi connectivity index (χ1) is 9.36. The Hall–Kier alpha value is -0.740. The summed E-state index contributed by atoms with van der Waals surface area (Å²) in [6, 6.07) is 0. The minimum absolute atomic E-state index is 0.0356. The van der Waals surface area contributed by atoms with Gasteiger partial charge in [0.15, 0.2) is 0 Å². The van der Waals surface area contributed by atoms with Crippen LogP contribution in [-0.4, -0.2) is 18.2 Å². The van der Waals surface area contributed by atoms with E-state index in [4.69, 9.17) is 4.74 Å². The molecule has 0 unspecified atom stereocenters. The van der Waals surface area contributed by atoms with Gasteiger partial charge in [0.05, 0.1) is 11.8 Å². The van der Waals surface area contributed by atoms with Crippen molar-refractivity contribution in [1.29, 1.82) is 0 Å². The molecule has 20 heavy (non-hydrogen) atoms. The van der Waals surface area contributed by atoms with Crippen LogP contribution in [0.1, 0.15) is 58.3 Å². The Kier molecular flexibility index (Phi) is 4.97. The van der Waals surface area contributed by atoms with E-state index < -0.39 is 12.1 Å². The maximum Gasteiger partial charge on any atom is 0.391 e. The number of hydrogen-bond donors (Lipinski definition) is 0. The number of halogens is 3. The van der Waals surface area contributed by atoms with Gasteiger partial charge < -0.3 is 4.74 Å². The molecule has 2 saturated carbocycles. The molecule has 2 aliphatic carbocycles. The molecule has 2 fully saturated rings. The van der Waals surface area contributed by atoms with Crippen molar-refractivity contribution < 1.29 is 22.7 Å².